The van der Waals surface area contributed by atoms with Crippen molar-refractivity contribution in [3.63, 3.8) is 0 Å². The molecule has 70 heavy (non-hydrogen) atoms. The van der Waals surface area contributed by atoms with Crippen molar-refractivity contribution in [3.05, 3.63) is 24.3 Å². The Morgan fingerprint density at radius 1 is 0.329 bits per heavy atom. The summed E-state index contributed by atoms with van der Waals surface area (Å²) in [5, 5.41) is 18.8. The molecule has 0 spiro atoms. The zero-order valence-electron chi connectivity index (χ0n) is 45.8. The maximum Gasteiger partial charge on any atom is 0.236 e. The number of nitrogens with two attached hydrogens (primary N) is 2. The van der Waals surface area contributed by atoms with Gasteiger partial charge < -0.3 is 43.4 Å². The van der Waals surface area contributed by atoms with Crippen LogP contribution in [0.2, 0.25) is 0 Å². The number of amides is 4. The molecule has 0 fully saturated rings. The van der Waals surface area contributed by atoms with Gasteiger partial charge in [0.15, 0.2) is 0 Å². The Morgan fingerprint density at radius 2 is 0.614 bits per heavy atom. The van der Waals surface area contributed by atoms with E-state index in [4.69, 9.17) is 11.5 Å². The van der Waals surface area contributed by atoms with Crippen molar-refractivity contribution in [2.24, 2.45) is 11.5 Å². The van der Waals surface area contributed by atoms with Gasteiger partial charge in [-0.1, -0.05) is 141 Å². The monoisotopic (exact) mass is 987 g/mol. The number of hydrogen-bond acceptors (Lipinski definition) is 8. The molecule has 0 saturated carbocycles. The van der Waals surface area contributed by atoms with Gasteiger partial charge in [-0.15, -0.1) is 0 Å². The van der Waals surface area contributed by atoms with Gasteiger partial charge in [-0.25, -0.2) is 0 Å². The molecule has 410 valence electrons. The lowest BCUT2D eigenvalue weighted by Gasteiger charge is -2.13. The molecule has 0 aromatic carbocycles. The fourth-order valence-corrected chi connectivity index (χ4v) is 8.45. The van der Waals surface area contributed by atoms with E-state index in [0.717, 1.165) is 103 Å². The first-order valence-corrected chi connectivity index (χ1v) is 29.6. The van der Waals surface area contributed by atoms with Crippen LogP contribution in [0.4, 0.5) is 0 Å². The molecule has 0 aliphatic heterocycles. The zero-order valence-corrected chi connectivity index (χ0v) is 45.8. The van der Waals surface area contributed by atoms with Crippen LogP contribution >= 0.6 is 0 Å². The van der Waals surface area contributed by atoms with E-state index in [1.165, 1.54) is 141 Å². The predicted octanol–water partition coefficient (Wildman–Crippen LogP) is 11.3. The largest absolute Gasteiger partial charge is 0.356 e. The fraction of sp³-hybridized carbons (Fsp3) is 0.862. The van der Waals surface area contributed by atoms with E-state index in [0.29, 0.717) is 51.9 Å². The Kier molecular flexibility index (Phi) is 53.3. The summed E-state index contributed by atoms with van der Waals surface area (Å²) in [6.45, 7) is 10.6. The maximum atomic E-state index is 12.4. The SMILES string of the molecule is CCCCCCCCC=CCCCCCCCC(=O)NCCCCC(N)C(=O)NCCCNCCCCNCCCNC(=O)C(N)CCCCNC(=O)CCCCCCCC=CCCCCCCCC. The molecule has 4 amide bonds. The minimum atomic E-state index is -0.513. The van der Waals surface area contributed by atoms with Crippen LogP contribution in [-0.4, -0.2) is 88.1 Å². The van der Waals surface area contributed by atoms with Gasteiger partial charge in [0.05, 0.1) is 12.1 Å². The number of hydrogen-bond donors (Lipinski definition) is 8. The molecule has 0 aromatic rings. The first kappa shape index (κ1) is 67.2. The predicted molar refractivity (Wildman–Crippen MR) is 299 cm³/mol. The third kappa shape index (κ3) is 51.6. The minimum absolute atomic E-state index is 0.102. The lowest BCUT2D eigenvalue weighted by molar-refractivity contribution is -0.123. The van der Waals surface area contributed by atoms with Crippen molar-refractivity contribution in [1.29, 1.82) is 0 Å². The van der Waals surface area contributed by atoms with Crippen molar-refractivity contribution in [3.8, 4) is 0 Å². The number of rotatable bonds is 55. The van der Waals surface area contributed by atoms with Crippen LogP contribution in [0, 0.1) is 0 Å². The molecule has 0 aliphatic rings. The van der Waals surface area contributed by atoms with Gasteiger partial charge in [0.1, 0.15) is 0 Å². The van der Waals surface area contributed by atoms with Crippen molar-refractivity contribution in [2.75, 3.05) is 52.4 Å². The summed E-state index contributed by atoms with van der Waals surface area (Å²) < 4.78 is 0. The van der Waals surface area contributed by atoms with Gasteiger partial charge in [-0.3, -0.25) is 19.2 Å². The summed E-state index contributed by atoms with van der Waals surface area (Å²) in [6, 6.07) is -1.03. The smallest absolute Gasteiger partial charge is 0.236 e. The standard InChI is InChI=1S/C58H114N8O4/c1-3-5-7-9-11-13-15-17-19-21-23-25-27-29-31-43-55(67)63-49-35-33-41-53(59)57(69)65-51-39-47-61-45-37-38-46-62-48-40-52-66-58(70)54(60)42-34-36-50-64-56(68)44-32-30-28-26-24-22-20-18-16-14-12-10-8-6-4-2/h17-20,53-54,61-62H,3-16,21-52,59-60H2,1-2H3,(H,63,67)(H,64,68)(H,65,69)(H,66,70). The van der Waals surface area contributed by atoms with Crippen molar-refractivity contribution in [1.82, 2.24) is 31.9 Å². The normalized spacial score (nSPS) is 12.5. The van der Waals surface area contributed by atoms with Crippen molar-refractivity contribution >= 4 is 23.6 Å². The van der Waals surface area contributed by atoms with E-state index in [-0.39, 0.29) is 23.6 Å². The summed E-state index contributed by atoms with van der Waals surface area (Å²) >= 11 is 0. The third-order valence-corrected chi connectivity index (χ3v) is 13.1. The average molecular weight is 988 g/mol. The van der Waals surface area contributed by atoms with Gasteiger partial charge in [-0.2, -0.15) is 0 Å². The molecular formula is C58H114N8O4. The molecule has 0 bridgehead atoms. The van der Waals surface area contributed by atoms with Crippen LogP contribution in [-0.2, 0) is 19.2 Å². The van der Waals surface area contributed by atoms with Gasteiger partial charge in [0.2, 0.25) is 23.6 Å². The van der Waals surface area contributed by atoms with Crippen molar-refractivity contribution < 1.29 is 19.2 Å². The first-order chi connectivity index (χ1) is 34.3. The zero-order chi connectivity index (χ0) is 51.1. The molecule has 2 atom stereocenters. The molecule has 0 aromatic heterocycles. The summed E-state index contributed by atoms with van der Waals surface area (Å²) in [5.41, 5.74) is 12.2. The molecule has 0 heterocycles. The number of carbonyl (C=O) groups excluding carboxylic acids is 4. The number of unbranched alkanes of at least 4 members (excludes halogenated alkanes) is 25. The lowest BCUT2D eigenvalue weighted by atomic mass is 10.1. The highest BCUT2D eigenvalue weighted by molar-refractivity contribution is 5.81. The molecular weight excluding hydrogens is 873 g/mol. The molecule has 0 saturated heterocycles. The second-order valence-corrected chi connectivity index (χ2v) is 20.1. The Balaban J connectivity index is 3.49. The van der Waals surface area contributed by atoms with E-state index in [9.17, 15) is 19.2 Å². The minimum Gasteiger partial charge on any atom is -0.356 e. The summed E-state index contributed by atoms with van der Waals surface area (Å²) in [4.78, 5) is 49.1. The Hall–Kier alpha value is -2.80. The second kappa shape index (κ2) is 55.5. The second-order valence-electron chi connectivity index (χ2n) is 20.1. The lowest BCUT2D eigenvalue weighted by Crippen LogP contribution is -2.41. The quantitative estimate of drug-likeness (QED) is 0.0218. The van der Waals surface area contributed by atoms with E-state index < -0.39 is 12.1 Å². The highest BCUT2D eigenvalue weighted by Crippen LogP contribution is 2.12. The van der Waals surface area contributed by atoms with E-state index in [2.05, 4.69) is 70.1 Å². The highest BCUT2D eigenvalue weighted by atomic mass is 16.2. The molecule has 12 heteroatoms. The molecule has 0 aliphatic carbocycles. The average Bonchev–Trinajstić information content (AvgIpc) is 3.35. The topological polar surface area (TPSA) is 192 Å². The Bertz CT molecular complexity index is 1140. The molecule has 10 N–H and O–H groups in total. The summed E-state index contributed by atoms with van der Waals surface area (Å²) in [5.74, 6) is 0.0497. The van der Waals surface area contributed by atoms with Crippen LogP contribution in [0.25, 0.3) is 0 Å². The molecule has 12 nitrogen and oxygen atoms in total. The van der Waals surface area contributed by atoms with Gasteiger partial charge >= 0.3 is 0 Å². The van der Waals surface area contributed by atoms with Crippen LogP contribution in [0.1, 0.15) is 258 Å². The van der Waals surface area contributed by atoms with E-state index in [1.54, 1.807) is 0 Å². The summed E-state index contributed by atoms with van der Waals surface area (Å²) in [7, 11) is 0. The van der Waals surface area contributed by atoms with Crippen LogP contribution in [0.3, 0.4) is 0 Å². The van der Waals surface area contributed by atoms with E-state index >= 15 is 0 Å². The Morgan fingerprint density at radius 3 is 0.971 bits per heavy atom. The number of carbonyl (C=O) groups is 4. The summed E-state index contributed by atoms with van der Waals surface area (Å²) in [6.07, 6.45) is 51.6. The Labute approximate surface area is 431 Å². The molecule has 0 radical (unpaired) electrons. The van der Waals surface area contributed by atoms with Crippen molar-refractivity contribution in [2.45, 2.75) is 270 Å². The van der Waals surface area contributed by atoms with Crippen LogP contribution in [0.5, 0.6) is 0 Å². The van der Waals surface area contributed by atoms with Crippen LogP contribution < -0.4 is 43.4 Å². The molecule has 2 unspecified atom stereocenters. The number of nitrogens with one attached hydrogen (secondary N) is 6. The van der Waals surface area contributed by atoms with E-state index in [1.807, 2.05) is 0 Å². The molecule has 0 rings (SSSR count). The van der Waals surface area contributed by atoms with Gasteiger partial charge in [-0.05, 0) is 155 Å². The van der Waals surface area contributed by atoms with Gasteiger partial charge in [0.25, 0.3) is 0 Å². The maximum absolute atomic E-state index is 12.4. The fourth-order valence-electron chi connectivity index (χ4n) is 8.45. The number of allylic oxidation sites excluding steroid dienone is 4. The van der Waals surface area contributed by atoms with Crippen LogP contribution in [0.15, 0.2) is 24.3 Å². The highest BCUT2D eigenvalue weighted by Gasteiger charge is 2.13. The third-order valence-electron chi connectivity index (χ3n) is 13.1. The van der Waals surface area contributed by atoms with Gasteiger partial charge in [0, 0.05) is 39.0 Å². The first-order valence-electron chi connectivity index (χ1n) is 29.6.